The third-order valence-electron chi connectivity index (χ3n) is 2.65. The standard InChI is InChI=1S/C8H16O4/c1-4-6(9)7(10)8(3,11)5(2)12-4/h4-7,9-11H,1-3H3/t4?,5?,6-,7?,8?/m1/s1. The molecule has 72 valence electrons. The zero-order chi connectivity index (χ0) is 9.52. The van der Waals surface area contributed by atoms with Gasteiger partial charge in [0.15, 0.2) is 0 Å². The van der Waals surface area contributed by atoms with E-state index in [4.69, 9.17) is 4.74 Å². The molecule has 4 unspecified atom stereocenters. The highest BCUT2D eigenvalue weighted by Crippen LogP contribution is 2.28. The molecular formula is C8H16O4. The van der Waals surface area contributed by atoms with Gasteiger partial charge in [-0.2, -0.15) is 0 Å². The van der Waals surface area contributed by atoms with Crippen LogP contribution in [0.2, 0.25) is 0 Å². The van der Waals surface area contributed by atoms with Crippen molar-refractivity contribution in [1.82, 2.24) is 0 Å². The summed E-state index contributed by atoms with van der Waals surface area (Å²) in [5.41, 5.74) is -1.37. The fourth-order valence-corrected chi connectivity index (χ4v) is 1.38. The lowest BCUT2D eigenvalue weighted by Gasteiger charge is -2.44. The van der Waals surface area contributed by atoms with Crippen molar-refractivity contribution in [2.45, 2.75) is 50.8 Å². The molecular weight excluding hydrogens is 160 g/mol. The van der Waals surface area contributed by atoms with Gasteiger partial charge in [0.2, 0.25) is 0 Å². The van der Waals surface area contributed by atoms with Crippen LogP contribution in [0, 0.1) is 0 Å². The summed E-state index contributed by atoms with van der Waals surface area (Å²) in [4.78, 5) is 0. The highest BCUT2D eigenvalue weighted by Gasteiger charge is 2.48. The van der Waals surface area contributed by atoms with Gasteiger partial charge in [0.1, 0.15) is 17.8 Å². The molecule has 1 heterocycles. The number of rotatable bonds is 0. The lowest BCUT2D eigenvalue weighted by molar-refractivity contribution is -0.254. The Balaban J connectivity index is 2.80. The second-order valence-corrected chi connectivity index (χ2v) is 3.64. The van der Waals surface area contributed by atoms with Crippen LogP contribution in [0.25, 0.3) is 0 Å². The van der Waals surface area contributed by atoms with E-state index in [2.05, 4.69) is 0 Å². The van der Waals surface area contributed by atoms with Crippen LogP contribution in [0.5, 0.6) is 0 Å². The van der Waals surface area contributed by atoms with Crippen LogP contribution < -0.4 is 0 Å². The van der Waals surface area contributed by atoms with Gasteiger partial charge in [-0.3, -0.25) is 0 Å². The Hall–Kier alpha value is -0.160. The maximum atomic E-state index is 9.66. The van der Waals surface area contributed by atoms with Crippen molar-refractivity contribution in [2.24, 2.45) is 0 Å². The van der Waals surface area contributed by atoms with E-state index in [9.17, 15) is 15.3 Å². The first kappa shape index (κ1) is 9.92. The Kier molecular flexibility index (Phi) is 2.45. The third-order valence-corrected chi connectivity index (χ3v) is 2.65. The normalized spacial score (nSPS) is 55.5. The van der Waals surface area contributed by atoms with Gasteiger partial charge in [-0.05, 0) is 20.8 Å². The van der Waals surface area contributed by atoms with Crippen molar-refractivity contribution >= 4 is 0 Å². The zero-order valence-corrected chi connectivity index (χ0v) is 7.56. The molecule has 1 saturated heterocycles. The monoisotopic (exact) mass is 176 g/mol. The summed E-state index contributed by atoms with van der Waals surface area (Å²) >= 11 is 0. The predicted molar refractivity (Wildman–Crippen MR) is 42.6 cm³/mol. The van der Waals surface area contributed by atoms with E-state index in [1.165, 1.54) is 6.92 Å². The minimum Gasteiger partial charge on any atom is -0.388 e. The van der Waals surface area contributed by atoms with Gasteiger partial charge in [-0.1, -0.05) is 0 Å². The number of hydrogen-bond donors (Lipinski definition) is 3. The van der Waals surface area contributed by atoms with E-state index < -0.39 is 30.0 Å². The minimum absolute atomic E-state index is 0.435. The maximum absolute atomic E-state index is 9.66. The fraction of sp³-hybridized carbons (Fsp3) is 1.00. The second-order valence-electron chi connectivity index (χ2n) is 3.64. The van der Waals surface area contributed by atoms with Gasteiger partial charge < -0.3 is 20.1 Å². The molecule has 0 aromatic rings. The number of ether oxygens (including phenoxy) is 1. The van der Waals surface area contributed by atoms with Gasteiger partial charge in [-0.15, -0.1) is 0 Å². The quantitative estimate of drug-likeness (QED) is 0.455. The highest BCUT2D eigenvalue weighted by molar-refractivity contribution is 4.97. The Bertz CT molecular complexity index is 168. The summed E-state index contributed by atoms with van der Waals surface area (Å²) in [5, 5.41) is 28.5. The lowest BCUT2D eigenvalue weighted by Crippen LogP contribution is -2.62. The van der Waals surface area contributed by atoms with Gasteiger partial charge >= 0.3 is 0 Å². The molecule has 0 bridgehead atoms. The number of aliphatic hydroxyl groups is 3. The van der Waals surface area contributed by atoms with Gasteiger partial charge in [0.25, 0.3) is 0 Å². The summed E-state index contributed by atoms with van der Waals surface area (Å²) in [7, 11) is 0. The Labute approximate surface area is 71.8 Å². The molecule has 0 spiro atoms. The van der Waals surface area contributed by atoms with Crippen molar-refractivity contribution in [2.75, 3.05) is 0 Å². The first-order valence-electron chi connectivity index (χ1n) is 4.11. The molecule has 0 saturated carbocycles. The molecule has 4 nitrogen and oxygen atoms in total. The van der Waals surface area contributed by atoms with Crippen molar-refractivity contribution in [3.63, 3.8) is 0 Å². The van der Waals surface area contributed by atoms with E-state index in [-0.39, 0.29) is 0 Å². The number of aliphatic hydroxyl groups excluding tert-OH is 2. The van der Waals surface area contributed by atoms with Crippen molar-refractivity contribution in [3.05, 3.63) is 0 Å². The van der Waals surface area contributed by atoms with Gasteiger partial charge in [-0.25, -0.2) is 0 Å². The first-order chi connectivity index (χ1) is 5.37. The van der Waals surface area contributed by atoms with Crippen LogP contribution in [0.1, 0.15) is 20.8 Å². The highest BCUT2D eigenvalue weighted by atomic mass is 16.5. The van der Waals surface area contributed by atoms with E-state index in [1.807, 2.05) is 0 Å². The van der Waals surface area contributed by atoms with E-state index in [0.29, 0.717) is 0 Å². The van der Waals surface area contributed by atoms with E-state index in [0.717, 1.165) is 0 Å². The summed E-state index contributed by atoms with van der Waals surface area (Å²) in [6, 6.07) is 0. The molecule has 0 aromatic carbocycles. The molecule has 1 aliphatic heterocycles. The molecule has 3 N–H and O–H groups in total. The van der Waals surface area contributed by atoms with Crippen LogP contribution in [-0.2, 0) is 4.74 Å². The van der Waals surface area contributed by atoms with Crippen LogP contribution in [-0.4, -0.2) is 45.3 Å². The maximum Gasteiger partial charge on any atom is 0.116 e. The number of hydrogen-bond acceptors (Lipinski definition) is 4. The average molecular weight is 176 g/mol. The minimum atomic E-state index is -1.37. The van der Waals surface area contributed by atoms with Crippen molar-refractivity contribution in [3.8, 4) is 0 Å². The van der Waals surface area contributed by atoms with Crippen molar-refractivity contribution in [1.29, 1.82) is 0 Å². The summed E-state index contributed by atoms with van der Waals surface area (Å²) < 4.78 is 5.22. The largest absolute Gasteiger partial charge is 0.388 e. The van der Waals surface area contributed by atoms with Gasteiger partial charge in [0.05, 0.1) is 12.2 Å². The third kappa shape index (κ3) is 1.35. The average Bonchev–Trinajstić information content (AvgIpc) is 1.99. The topological polar surface area (TPSA) is 69.9 Å². The van der Waals surface area contributed by atoms with Gasteiger partial charge in [0, 0.05) is 0 Å². The van der Waals surface area contributed by atoms with E-state index in [1.54, 1.807) is 13.8 Å². The summed E-state index contributed by atoms with van der Waals surface area (Å²) in [6.07, 6.45) is -3.06. The van der Waals surface area contributed by atoms with Crippen LogP contribution in [0.4, 0.5) is 0 Å². The SMILES string of the molecule is CC1OC(C)C(C)(O)C(O)[C@@H]1O. The van der Waals surface area contributed by atoms with Crippen molar-refractivity contribution < 1.29 is 20.1 Å². The molecule has 0 amide bonds. The molecule has 4 heteroatoms. The molecule has 1 rings (SSSR count). The molecule has 5 atom stereocenters. The van der Waals surface area contributed by atoms with Crippen LogP contribution in [0.3, 0.4) is 0 Å². The summed E-state index contributed by atoms with van der Waals surface area (Å²) in [6.45, 7) is 4.79. The Morgan fingerprint density at radius 3 is 2.25 bits per heavy atom. The second kappa shape index (κ2) is 2.96. The fourth-order valence-electron chi connectivity index (χ4n) is 1.38. The lowest BCUT2D eigenvalue weighted by atomic mass is 9.85. The first-order valence-corrected chi connectivity index (χ1v) is 4.11. The molecule has 1 aliphatic rings. The molecule has 0 radical (unpaired) electrons. The predicted octanol–water partition coefficient (Wildman–Crippen LogP) is -0.734. The van der Waals surface area contributed by atoms with Crippen LogP contribution in [0.15, 0.2) is 0 Å². The molecule has 0 aliphatic carbocycles. The molecule has 0 aromatic heterocycles. The zero-order valence-electron chi connectivity index (χ0n) is 7.56. The van der Waals surface area contributed by atoms with E-state index >= 15 is 0 Å². The van der Waals surface area contributed by atoms with Crippen LogP contribution >= 0.6 is 0 Å². The molecule has 1 fully saturated rings. The Morgan fingerprint density at radius 1 is 1.25 bits per heavy atom. The molecule has 12 heavy (non-hydrogen) atoms. The smallest absolute Gasteiger partial charge is 0.116 e. The Morgan fingerprint density at radius 2 is 1.75 bits per heavy atom. The summed E-state index contributed by atoms with van der Waals surface area (Å²) in [5.74, 6) is 0.